The van der Waals surface area contributed by atoms with Gasteiger partial charge >= 0.3 is 6.03 Å². The van der Waals surface area contributed by atoms with E-state index in [9.17, 15) is 4.79 Å². The minimum Gasteiger partial charge on any atom is -0.308 e. The van der Waals surface area contributed by atoms with Crippen LogP contribution in [-0.2, 0) is 5.41 Å². The van der Waals surface area contributed by atoms with Gasteiger partial charge in [0.1, 0.15) is 5.82 Å². The largest absolute Gasteiger partial charge is 0.326 e. The number of fused-ring (bicyclic) bond motifs is 2. The van der Waals surface area contributed by atoms with Gasteiger partial charge in [-0.25, -0.2) is 9.47 Å². The average molecular weight is 544 g/mol. The van der Waals surface area contributed by atoms with Crippen LogP contribution in [0.4, 0.5) is 16.2 Å². The number of anilines is 2. The molecule has 8 heteroatoms. The summed E-state index contributed by atoms with van der Waals surface area (Å²) in [5, 5.41) is 14.4. The number of para-hydroxylation sites is 1. The van der Waals surface area contributed by atoms with Gasteiger partial charge in [0.15, 0.2) is 5.82 Å². The van der Waals surface area contributed by atoms with Crippen LogP contribution < -0.4 is 15.2 Å². The molecule has 2 atom stereocenters. The van der Waals surface area contributed by atoms with Gasteiger partial charge in [0.2, 0.25) is 0 Å². The summed E-state index contributed by atoms with van der Waals surface area (Å²) in [5.74, 6) is 2.35. The zero-order valence-electron chi connectivity index (χ0n) is 25.0. The normalized spacial score (nSPS) is 19.3. The number of carbonyl (C=O) groups is 1. The van der Waals surface area contributed by atoms with Gasteiger partial charge in [0, 0.05) is 42.5 Å². The third-order valence-electron chi connectivity index (χ3n) is 8.35. The number of hydrogen-bond donors (Lipinski definition) is 1. The number of carbonyl (C=O) groups excluding carboxylic acids is 1. The number of nitrogens with zero attached hydrogens (tertiary/aromatic N) is 6. The Bertz CT molecular complexity index is 1260. The summed E-state index contributed by atoms with van der Waals surface area (Å²) < 4.78 is 2.25. The van der Waals surface area contributed by atoms with Gasteiger partial charge < -0.3 is 10.3 Å². The molecule has 8 nitrogen and oxygen atoms in total. The topological polar surface area (TPSA) is 69.5 Å². The first-order chi connectivity index (χ1) is 19.1. The van der Waals surface area contributed by atoms with Crippen LogP contribution in [-0.4, -0.2) is 64.1 Å². The molecule has 2 bridgehead atoms. The maximum absolute atomic E-state index is 13.5. The van der Waals surface area contributed by atoms with Gasteiger partial charge in [-0.15, -0.1) is 10.2 Å². The smallest absolute Gasteiger partial charge is 0.308 e. The minimum atomic E-state index is -0.0909. The second-order valence-corrected chi connectivity index (χ2v) is 12.7. The summed E-state index contributed by atoms with van der Waals surface area (Å²) in [6, 6.07) is 19.1. The van der Waals surface area contributed by atoms with Gasteiger partial charge in [-0.2, -0.15) is 0 Å². The van der Waals surface area contributed by atoms with Gasteiger partial charge in [-0.1, -0.05) is 65.0 Å². The first-order valence-electron chi connectivity index (χ1n) is 14.8. The van der Waals surface area contributed by atoms with Crippen LogP contribution >= 0.6 is 0 Å². The number of hydrogen-bond acceptors (Lipinski definition) is 5. The molecule has 1 N–H and O–H groups in total. The fourth-order valence-electron chi connectivity index (χ4n) is 6.19. The van der Waals surface area contributed by atoms with E-state index in [1.807, 2.05) is 47.4 Å². The molecule has 2 aliphatic heterocycles. The molecule has 0 unspecified atom stereocenters. The van der Waals surface area contributed by atoms with Crippen molar-refractivity contribution in [1.29, 1.82) is 0 Å². The number of aryl methyl sites for hydroxylation is 1. The highest BCUT2D eigenvalue weighted by atomic mass is 16.2. The van der Waals surface area contributed by atoms with Gasteiger partial charge in [-0.3, -0.25) is 9.80 Å². The molecule has 0 spiro atoms. The van der Waals surface area contributed by atoms with Crippen molar-refractivity contribution in [2.45, 2.75) is 84.2 Å². The SMILES string of the molecule is Cc1nnc(C(C)C)n1N1C[C@H]2CC[C@@H](C1)N2CCCN(C(=O)Nc1ccc(C(C)(C)C)cc1)c1ccccc1. The van der Waals surface area contributed by atoms with Crippen LogP contribution in [0.1, 0.15) is 77.0 Å². The van der Waals surface area contributed by atoms with Crippen LogP contribution in [0.2, 0.25) is 0 Å². The molecule has 0 aliphatic carbocycles. The maximum atomic E-state index is 13.5. The summed E-state index contributed by atoms with van der Waals surface area (Å²) >= 11 is 0. The van der Waals surface area contributed by atoms with Crippen LogP contribution in [0.5, 0.6) is 0 Å². The van der Waals surface area contributed by atoms with E-state index in [0.29, 0.717) is 24.5 Å². The van der Waals surface area contributed by atoms with E-state index < -0.39 is 0 Å². The maximum Gasteiger partial charge on any atom is 0.326 e. The van der Waals surface area contributed by atoms with Crippen LogP contribution in [0.15, 0.2) is 54.6 Å². The van der Waals surface area contributed by atoms with Crippen LogP contribution in [0.3, 0.4) is 0 Å². The van der Waals surface area contributed by atoms with Crippen molar-refractivity contribution in [1.82, 2.24) is 19.8 Å². The Kier molecular flexibility index (Phi) is 8.17. The Morgan fingerprint density at radius 2 is 1.65 bits per heavy atom. The molecule has 3 aromatic rings. The van der Waals surface area contributed by atoms with Crippen molar-refractivity contribution in [3.63, 3.8) is 0 Å². The molecule has 2 aromatic carbocycles. The third kappa shape index (κ3) is 6.02. The first kappa shape index (κ1) is 28.1. The average Bonchev–Trinajstić information content (AvgIpc) is 3.42. The lowest BCUT2D eigenvalue weighted by molar-refractivity contribution is 0.152. The van der Waals surface area contributed by atoms with E-state index in [4.69, 9.17) is 0 Å². The summed E-state index contributed by atoms with van der Waals surface area (Å²) in [6.07, 6.45) is 3.35. The Morgan fingerprint density at radius 3 is 2.25 bits per heavy atom. The Morgan fingerprint density at radius 1 is 1.00 bits per heavy atom. The predicted molar refractivity (Wildman–Crippen MR) is 163 cm³/mol. The molecular weight excluding hydrogens is 498 g/mol. The number of rotatable bonds is 8. The number of benzene rings is 2. The number of piperazine rings is 1. The van der Waals surface area contributed by atoms with E-state index in [-0.39, 0.29) is 11.4 Å². The van der Waals surface area contributed by atoms with Crippen molar-refractivity contribution in [3.8, 4) is 0 Å². The van der Waals surface area contributed by atoms with Crippen molar-refractivity contribution in [3.05, 3.63) is 71.8 Å². The lowest BCUT2D eigenvalue weighted by Gasteiger charge is -2.43. The Balaban J connectivity index is 1.22. The molecule has 0 saturated carbocycles. The summed E-state index contributed by atoms with van der Waals surface area (Å²) in [6.45, 7) is 16.6. The zero-order chi connectivity index (χ0) is 28.4. The van der Waals surface area contributed by atoms with Crippen molar-refractivity contribution >= 4 is 17.4 Å². The number of nitrogens with one attached hydrogen (secondary N) is 1. The van der Waals surface area contributed by atoms with Gasteiger partial charge in [-0.05, 0) is 61.4 Å². The summed E-state index contributed by atoms with van der Waals surface area (Å²) in [5.41, 5.74) is 3.07. The Hall–Kier alpha value is -3.39. The van der Waals surface area contributed by atoms with Gasteiger partial charge in [0.25, 0.3) is 0 Å². The van der Waals surface area contributed by atoms with Crippen LogP contribution in [0, 0.1) is 6.92 Å². The van der Waals surface area contributed by atoms with E-state index in [2.05, 4.69) is 83.8 Å². The molecule has 2 saturated heterocycles. The van der Waals surface area contributed by atoms with E-state index >= 15 is 0 Å². The monoisotopic (exact) mass is 543 g/mol. The minimum absolute atomic E-state index is 0.0781. The molecular formula is C32H45N7O. The fourth-order valence-corrected chi connectivity index (χ4v) is 6.19. The molecule has 2 aliphatic rings. The van der Waals surface area contributed by atoms with E-state index in [1.165, 1.54) is 18.4 Å². The highest BCUT2D eigenvalue weighted by molar-refractivity contribution is 6.01. The molecule has 3 heterocycles. The summed E-state index contributed by atoms with van der Waals surface area (Å²) in [7, 11) is 0. The zero-order valence-corrected chi connectivity index (χ0v) is 25.0. The predicted octanol–water partition coefficient (Wildman–Crippen LogP) is 5.92. The molecule has 5 rings (SSSR count). The highest BCUT2D eigenvalue weighted by Gasteiger charge is 2.40. The number of amides is 2. The lowest BCUT2D eigenvalue weighted by atomic mass is 9.87. The Labute approximate surface area is 239 Å². The molecule has 2 amide bonds. The standard InChI is InChI=1S/C32H45N7O/c1-23(2)30-35-34-24(3)39(30)36-21-28-17-18-29(22-36)37(28)19-10-20-38(27-11-8-7-9-12-27)31(40)33-26-15-13-25(14-16-26)32(4,5)6/h7-9,11-16,23,28-29H,10,17-22H2,1-6H3,(H,33,40)/t28-,29+. The van der Waals surface area contributed by atoms with E-state index in [1.54, 1.807) is 0 Å². The highest BCUT2D eigenvalue weighted by Crippen LogP contribution is 2.31. The lowest BCUT2D eigenvalue weighted by Crippen LogP contribution is -2.58. The fraction of sp³-hybridized carbons (Fsp3) is 0.531. The molecule has 2 fully saturated rings. The molecule has 0 radical (unpaired) electrons. The number of aromatic nitrogens is 3. The third-order valence-corrected chi connectivity index (χ3v) is 8.35. The van der Waals surface area contributed by atoms with Gasteiger partial charge in [0.05, 0.1) is 13.1 Å². The first-order valence-corrected chi connectivity index (χ1v) is 14.8. The molecule has 214 valence electrons. The second-order valence-electron chi connectivity index (χ2n) is 12.7. The second kappa shape index (κ2) is 11.6. The quantitative estimate of drug-likeness (QED) is 0.382. The number of urea groups is 1. The molecule has 1 aromatic heterocycles. The van der Waals surface area contributed by atoms with Crippen molar-refractivity contribution in [2.24, 2.45) is 0 Å². The molecule has 40 heavy (non-hydrogen) atoms. The van der Waals surface area contributed by atoms with Crippen LogP contribution in [0.25, 0.3) is 0 Å². The van der Waals surface area contributed by atoms with E-state index in [0.717, 1.165) is 49.1 Å². The van der Waals surface area contributed by atoms with Crippen molar-refractivity contribution in [2.75, 3.05) is 41.4 Å². The summed E-state index contributed by atoms with van der Waals surface area (Å²) in [4.78, 5) is 18.0. The van der Waals surface area contributed by atoms with Crippen molar-refractivity contribution < 1.29 is 4.79 Å².